The molecule has 0 saturated heterocycles. The van der Waals surface area contributed by atoms with E-state index in [1.54, 1.807) is 36.7 Å². The van der Waals surface area contributed by atoms with Gasteiger partial charge in [-0.1, -0.05) is 0 Å². The number of nitro benzene ring substituents is 1. The Labute approximate surface area is 120 Å². The van der Waals surface area contributed by atoms with Crippen molar-refractivity contribution in [3.05, 3.63) is 31.4 Å². The van der Waals surface area contributed by atoms with Crippen LogP contribution >= 0.6 is 22.6 Å². The lowest BCUT2D eigenvalue weighted by Crippen LogP contribution is -2.08. The number of halogens is 4. The van der Waals surface area contributed by atoms with Gasteiger partial charge in [0.05, 0.1) is 16.8 Å². The van der Waals surface area contributed by atoms with Gasteiger partial charge in [-0.15, -0.1) is 0 Å². The number of hydrogen-bond donors (Lipinski definition) is 0. The minimum absolute atomic E-state index is 0.0669. The largest absolute Gasteiger partial charge is 0.416 e. The predicted molar refractivity (Wildman–Crippen MR) is 72.7 cm³/mol. The highest BCUT2D eigenvalue weighted by molar-refractivity contribution is 14.1. The zero-order chi connectivity index (χ0) is 14.8. The summed E-state index contributed by atoms with van der Waals surface area (Å²) in [4.78, 5) is 15.3. The Kier molecular flexibility index (Phi) is 4.71. The SMILES string of the molecule is CN(C)C=Nc1c(I)cc(C(F)(F)F)cc1[N+](=O)[O-]. The van der Waals surface area contributed by atoms with E-state index in [1.165, 1.54) is 11.2 Å². The third kappa shape index (κ3) is 4.04. The molecule has 0 fully saturated rings. The average molecular weight is 387 g/mol. The van der Waals surface area contributed by atoms with Gasteiger partial charge in [0.15, 0.2) is 5.69 Å². The summed E-state index contributed by atoms with van der Waals surface area (Å²) < 4.78 is 37.8. The van der Waals surface area contributed by atoms with E-state index in [0.717, 1.165) is 6.07 Å². The Morgan fingerprint density at radius 3 is 2.42 bits per heavy atom. The number of benzene rings is 1. The number of aliphatic imine (C=N–C) groups is 1. The van der Waals surface area contributed by atoms with Crippen molar-refractivity contribution in [2.45, 2.75) is 6.18 Å². The topological polar surface area (TPSA) is 58.7 Å². The summed E-state index contributed by atoms with van der Waals surface area (Å²) in [7, 11) is 3.29. The van der Waals surface area contributed by atoms with Crippen LogP contribution in [0.4, 0.5) is 24.5 Å². The number of rotatable bonds is 3. The maximum atomic E-state index is 12.6. The quantitative estimate of drug-likeness (QED) is 0.263. The first kappa shape index (κ1) is 15.7. The van der Waals surface area contributed by atoms with Gasteiger partial charge in [-0.2, -0.15) is 13.2 Å². The van der Waals surface area contributed by atoms with Crippen LogP contribution in [0.1, 0.15) is 5.56 Å². The lowest BCUT2D eigenvalue weighted by Gasteiger charge is -2.09. The van der Waals surface area contributed by atoms with Gasteiger partial charge < -0.3 is 4.90 Å². The van der Waals surface area contributed by atoms with E-state index in [2.05, 4.69) is 4.99 Å². The van der Waals surface area contributed by atoms with Crippen LogP contribution in [0.5, 0.6) is 0 Å². The molecule has 0 spiro atoms. The molecule has 0 bridgehead atoms. The van der Waals surface area contributed by atoms with Gasteiger partial charge in [-0.25, -0.2) is 4.99 Å². The van der Waals surface area contributed by atoms with Gasteiger partial charge in [0.2, 0.25) is 0 Å². The second kappa shape index (κ2) is 5.72. The molecule has 0 unspecified atom stereocenters. The van der Waals surface area contributed by atoms with E-state index in [9.17, 15) is 23.3 Å². The number of hydrogen-bond acceptors (Lipinski definition) is 3. The molecule has 104 valence electrons. The van der Waals surface area contributed by atoms with Crippen LogP contribution in [-0.2, 0) is 6.18 Å². The van der Waals surface area contributed by atoms with E-state index >= 15 is 0 Å². The zero-order valence-electron chi connectivity index (χ0n) is 9.90. The van der Waals surface area contributed by atoms with Gasteiger partial charge in [0.1, 0.15) is 0 Å². The van der Waals surface area contributed by atoms with E-state index < -0.39 is 22.4 Å². The molecule has 0 heterocycles. The van der Waals surface area contributed by atoms with Crippen molar-refractivity contribution in [3.63, 3.8) is 0 Å². The van der Waals surface area contributed by atoms with Crippen LogP contribution < -0.4 is 0 Å². The summed E-state index contributed by atoms with van der Waals surface area (Å²) in [5.41, 5.74) is -1.82. The van der Waals surface area contributed by atoms with Gasteiger partial charge in [-0.3, -0.25) is 10.1 Å². The fourth-order valence-electron chi connectivity index (χ4n) is 1.19. The monoisotopic (exact) mass is 387 g/mol. The highest BCUT2D eigenvalue weighted by Gasteiger charge is 2.34. The smallest absolute Gasteiger partial charge is 0.369 e. The van der Waals surface area contributed by atoms with Crippen LogP contribution in [-0.4, -0.2) is 30.3 Å². The molecule has 0 N–H and O–H groups in total. The molecule has 0 aliphatic heterocycles. The van der Waals surface area contributed by atoms with Gasteiger partial charge in [-0.05, 0) is 28.7 Å². The number of alkyl halides is 3. The maximum Gasteiger partial charge on any atom is 0.416 e. The minimum Gasteiger partial charge on any atom is -0.369 e. The summed E-state index contributed by atoms with van der Waals surface area (Å²) in [6.45, 7) is 0. The molecular formula is C10H9F3IN3O2. The summed E-state index contributed by atoms with van der Waals surface area (Å²) in [5, 5.41) is 10.8. The van der Waals surface area contributed by atoms with Crippen LogP contribution in [0.2, 0.25) is 0 Å². The van der Waals surface area contributed by atoms with Crippen molar-refractivity contribution in [3.8, 4) is 0 Å². The molecule has 0 aliphatic carbocycles. The molecule has 0 saturated carbocycles. The zero-order valence-corrected chi connectivity index (χ0v) is 12.1. The first-order valence-corrected chi connectivity index (χ1v) is 5.96. The Balaban J connectivity index is 3.44. The molecule has 5 nitrogen and oxygen atoms in total. The highest BCUT2D eigenvalue weighted by atomic mass is 127. The Bertz CT molecular complexity index is 529. The molecule has 1 rings (SSSR count). The molecule has 19 heavy (non-hydrogen) atoms. The second-order valence-electron chi connectivity index (χ2n) is 3.79. The van der Waals surface area contributed by atoms with E-state index in [4.69, 9.17) is 0 Å². The van der Waals surface area contributed by atoms with Crippen molar-refractivity contribution in [2.75, 3.05) is 14.1 Å². The summed E-state index contributed by atoms with van der Waals surface area (Å²) >= 11 is 1.60. The van der Waals surface area contributed by atoms with Crippen LogP contribution in [0.15, 0.2) is 17.1 Å². The standard InChI is InChI=1S/C10H9F3IN3O2/c1-16(2)5-15-9-7(14)3-6(10(11,12)13)4-8(9)17(18)19/h3-5H,1-2H3. The van der Waals surface area contributed by atoms with Crippen LogP contribution in [0, 0.1) is 13.7 Å². The lowest BCUT2D eigenvalue weighted by molar-refractivity contribution is -0.384. The molecule has 1 aromatic rings. The van der Waals surface area contributed by atoms with Crippen molar-refractivity contribution >= 4 is 40.3 Å². The fourth-order valence-corrected chi connectivity index (χ4v) is 1.94. The molecule has 0 radical (unpaired) electrons. The van der Waals surface area contributed by atoms with Crippen molar-refractivity contribution in [1.82, 2.24) is 4.90 Å². The van der Waals surface area contributed by atoms with Gasteiger partial charge in [0.25, 0.3) is 5.69 Å². The molecule has 1 aromatic carbocycles. The number of nitrogens with zero attached hydrogens (tertiary/aromatic N) is 3. The Morgan fingerprint density at radius 1 is 1.42 bits per heavy atom. The van der Waals surface area contributed by atoms with E-state index in [-0.39, 0.29) is 9.26 Å². The summed E-state index contributed by atoms with van der Waals surface area (Å²) in [6.07, 6.45) is -3.34. The summed E-state index contributed by atoms with van der Waals surface area (Å²) in [6, 6.07) is 1.32. The van der Waals surface area contributed by atoms with Crippen molar-refractivity contribution in [1.29, 1.82) is 0 Å². The fraction of sp³-hybridized carbons (Fsp3) is 0.300. The van der Waals surface area contributed by atoms with Gasteiger partial charge >= 0.3 is 6.18 Å². The third-order valence-corrected chi connectivity index (χ3v) is 2.81. The first-order chi connectivity index (χ1) is 8.62. The maximum absolute atomic E-state index is 12.6. The third-order valence-electron chi connectivity index (χ3n) is 1.99. The molecule has 0 amide bonds. The number of nitro groups is 1. The van der Waals surface area contributed by atoms with Crippen LogP contribution in [0.3, 0.4) is 0 Å². The molecule has 0 aromatic heterocycles. The predicted octanol–water partition coefficient (Wildman–Crippen LogP) is 3.44. The van der Waals surface area contributed by atoms with Crippen molar-refractivity contribution < 1.29 is 18.1 Å². The summed E-state index contributed by atoms with van der Waals surface area (Å²) in [5.74, 6) is 0. The highest BCUT2D eigenvalue weighted by Crippen LogP contribution is 2.39. The van der Waals surface area contributed by atoms with E-state index in [0.29, 0.717) is 6.07 Å². The normalized spacial score (nSPS) is 11.9. The average Bonchev–Trinajstić information content (AvgIpc) is 2.24. The lowest BCUT2D eigenvalue weighted by atomic mass is 10.1. The Hall–Kier alpha value is -1.39. The Morgan fingerprint density at radius 2 is 2.00 bits per heavy atom. The van der Waals surface area contributed by atoms with Crippen molar-refractivity contribution in [2.24, 2.45) is 4.99 Å². The second-order valence-corrected chi connectivity index (χ2v) is 4.95. The van der Waals surface area contributed by atoms with Crippen LogP contribution in [0.25, 0.3) is 0 Å². The first-order valence-electron chi connectivity index (χ1n) is 4.88. The molecule has 9 heteroatoms. The minimum atomic E-state index is -4.63. The molecular weight excluding hydrogens is 378 g/mol. The molecule has 0 aliphatic rings. The van der Waals surface area contributed by atoms with E-state index in [1.807, 2.05) is 0 Å². The molecule has 0 atom stereocenters. The van der Waals surface area contributed by atoms with Gasteiger partial charge in [0, 0.05) is 23.7 Å².